The molecule has 1 aliphatic carbocycles. The summed E-state index contributed by atoms with van der Waals surface area (Å²) in [6, 6.07) is 3.85. The molecule has 0 radical (unpaired) electrons. The molecule has 4 nitrogen and oxygen atoms in total. The molecule has 1 fully saturated rings. The minimum absolute atomic E-state index is 0.0409. The molecule has 0 aliphatic heterocycles. The first-order valence-corrected chi connectivity index (χ1v) is 8.92. The monoisotopic (exact) mass is 330 g/mol. The lowest BCUT2D eigenvalue weighted by Crippen LogP contribution is -2.31. The summed E-state index contributed by atoms with van der Waals surface area (Å²) >= 11 is 5.88. The van der Waals surface area contributed by atoms with Crippen LogP contribution in [0.3, 0.4) is 0 Å². The Bertz CT molecular complexity index is 654. The van der Waals surface area contributed by atoms with E-state index in [2.05, 4.69) is 13.8 Å². The lowest BCUT2D eigenvalue weighted by Gasteiger charge is -2.31. The summed E-state index contributed by atoms with van der Waals surface area (Å²) in [5.74, 6) is -0.259. The first-order chi connectivity index (χ1) is 9.73. The zero-order chi connectivity index (χ0) is 15.8. The van der Waals surface area contributed by atoms with Gasteiger partial charge in [-0.15, -0.1) is 0 Å². The minimum Gasteiger partial charge on any atom is -0.478 e. The Hall–Kier alpha value is -1.07. The molecule has 0 saturated heterocycles. The number of halogens is 1. The molecule has 0 amide bonds. The molecule has 3 atom stereocenters. The van der Waals surface area contributed by atoms with Crippen molar-refractivity contribution in [2.24, 2.45) is 11.8 Å². The SMILES string of the molecule is CC1CCC(S(=O)(=O)c2ccc(C(=O)O)c(Cl)c2)CC1C. The molecule has 21 heavy (non-hydrogen) atoms. The van der Waals surface area contributed by atoms with E-state index in [1.807, 2.05) is 0 Å². The van der Waals surface area contributed by atoms with Gasteiger partial charge < -0.3 is 5.11 Å². The van der Waals surface area contributed by atoms with Gasteiger partial charge in [0.25, 0.3) is 0 Å². The average molecular weight is 331 g/mol. The molecule has 2 rings (SSSR count). The molecule has 0 bridgehead atoms. The smallest absolute Gasteiger partial charge is 0.337 e. The fourth-order valence-corrected chi connectivity index (χ4v) is 5.07. The topological polar surface area (TPSA) is 71.4 Å². The minimum atomic E-state index is -3.46. The standard InChI is InChI=1S/C15H19ClO4S/c1-9-3-4-11(7-10(9)2)21(19,20)12-5-6-13(15(17)18)14(16)8-12/h5-6,8-11H,3-4,7H2,1-2H3,(H,17,18). The Morgan fingerprint density at radius 2 is 1.90 bits per heavy atom. The first kappa shape index (κ1) is 16.3. The van der Waals surface area contributed by atoms with E-state index < -0.39 is 21.1 Å². The molecular weight excluding hydrogens is 312 g/mol. The van der Waals surface area contributed by atoms with Crippen molar-refractivity contribution in [1.29, 1.82) is 0 Å². The van der Waals surface area contributed by atoms with Gasteiger partial charge in [-0.25, -0.2) is 13.2 Å². The van der Waals surface area contributed by atoms with Crippen LogP contribution in [0.2, 0.25) is 5.02 Å². The van der Waals surface area contributed by atoms with E-state index in [-0.39, 0.29) is 15.5 Å². The van der Waals surface area contributed by atoms with E-state index in [9.17, 15) is 13.2 Å². The van der Waals surface area contributed by atoms with Gasteiger partial charge >= 0.3 is 5.97 Å². The molecule has 1 aromatic carbocycles. The maximum Gasteiger partial charge on any atom is 0.337 e. The Morgan fingerprint density at radius 3 is 2.43 bits per heavy atom. The van der Waals surface area contributed by atoms with Crippen LogP contribution in [0.25, 0.3) is 0 Å². The quantitative estimate of drug-likeness (QED) is 0.918. The largest absolute Gasteiger partial charge is 0.478 e. The van der Waals surface area contributed by atoms with E-state index in [0.29, 0.717) is 24.7 Å². The number of carboxylic acid groups (broad SMARTS) is 1. The molecule has 1 aromatic rings. The van der Waals surface area contributed by atoms with Gasteiger partial charge in [0.1, 0.15) is 0 Å². The van der Waals surface area contributed by atoms with E-state index in [1.165, 1.54) is 18.2 Å². The zero-order valence-corrected chi connectivity index (χ0v) is 13.6. The molecular formula is C15H19ClO4S. The van der Waals surface area contributed by atoms with Gasteiger partial charge in [0, 0.05) is 0 Å². The second-order valence-corrected chi connectivity index (χ2v) is 8.52. The number of hydrogen-bond donors (Lipinski definition) is 1. The number of carbonyl (C=O) groups is 1. The normalized spacial score (nSPS) is 26.5. The van der Waals surface area contributed by atoms with Crippen molar-refractivity contribution in [3.05, 3.63) is 28.8 Å². The van der Waals surface area contributed by atoms with Crippen molar-refractivity contribution in [1.82, 2.24) is 0 Å². The molecule has 1 aliphatic rings. The van der Waals surface area contributed by atoms with Gasteiger partial charge in [-0.1, -0.05) is 25.4 Å². The van der Waals surface area contributed by atoms with Crippen molar-refractivity contribution >= 4 is 27.4 Å². The van der Waals surface area contributed by atoms with Gasteiger partial charge in [-0.05, 0) is 49.3 Å². The summed E-state index contributed by atoms with van der Waals surface area (Å²) in [7, 11) is -3.46. The third kappa shape index (κ3) is 3.24. The number of aromatic carboxylic acids is 1. The molecule has 0 heterocycles. The second kappa shape index (κ2) is 5.97. The van der Waals surface area contributed by atoms with Gasteiger partial charge in [0.05, 0.1) is 20.7 Å². The van der Waals surface area contributed by atoms with Gasteiger partial charge in [-0.2, -0.15) is 0 Å². The molecule has 1 saturated carbocycles. The molecule has 0 aromatic heterocycles. The van der Waals surface area contributed by atoms with E-state index in [4.69, 9.17) is 16.7 Å². The Kier molecular flexibility index (Phi) is 4.63. The Balaban J connectivity index is 2.32. The lowest BCUT2D eigenvalue weighted by atomic mass is 9.81. The maximum absolute atomic E-state index is 12.7. The van der Waals surface area contributed by atoms with Crippen LogP contribution in [0.15, 0.2) is 23.1 Å². The third-order valence-electron chi connectivity index (χ3n) is 4.49. The van der Waals surface area contributed by atoms with Crippen LogP contribution in [0, 0.1) is 11.8 Å². The molecule has 6 heteroatoms. The Labute approximate surface area is 130 Å². The average Bonchev–Trinajstić information content (AvgIpc) is 2.41. The number of carboxylic acids is 1. The van der Waals surface area contributed by atoms with Gasteiger partial charge in [-0.3, -0.25) is 0 Å². The number of benzene rings is 1. The van der Waals surface area contributed by atoms with Gasteiger partial charge in [0.15, 0.2) is 9.84 Å². The number of rotatable bonds is 3. The van der Waals surface area contributed by atoms with Crippen LogP contribution >= 0.6 is 11.6 Å². The van der Waals surface area contributed by atoms with Crippen molar-refractivity contribution in [3.8, 4) is 0 Å². The van der Waals surface area contributed by atoms with E-state index in [1.54, 1.807) is 0 Å². The van der Waals surface area contributed by atoms with E-state index >= 15 is 0 Å². The predicted molar refractivity (Wildman–Crippen MR) is 81.6 cm³/mol. The van der Waals surface area contributed by atoms with Crippen molar-refractivity contribution in [2.45, 2.75) is 43.3 Å². The predicted octanol–water partition coefficient (Wildman–Crippen LogP) is 3.64. The van der Waals surface area contributed by atoms with Gasteiger partial charge in [0.2, 0.25) is 0 Å². The Morgan fingerprint density at radius 1 is 1.24 bits per heavy atom. The number of sulfone groups is 1. The highest BCUT2D eigenvalue weighted by Gasteiger charge is 2.34. The maximum atomic E-state index is 12.7. The highest BCUT2D eigenvalue weighted by molar-refractivity contribution is 7.92. The lowest BCUT2D eigenvalue weighted by molar-refractivity contribution is 0.0697. The van der Waals surface area contributed by atoms with E-state index in [0.717, 1.165) is 6.42 Å². The summed E-state index contributed by atoms with van der Waals surface area (Å²) in [5, 5.41) is 8.49. The van der Waals surface area contributed by atoms with Crippen LogP contribution in [0.1, 0.15) is 43.5 Å². The van der Waals surface area contributed by atoms with Crippen molar-refractivity contribution in [2.75, 3.05) is 0 Å². The molecule has 3 unspecified atom stereocenters. The molecule has 116 valence electrons. The summed E-state index contributed by atoms with van der Waals surface area (Å²) in [5.41, 5.74) is -0.0822. The summed E-state index contributed by atoms with van der Waals surface area (Å²) in [6.07, 6.45) is 2.18. The highest BCUT2D eigenvalue weighted by atomic mass is 35.5. The highest BCUT2D eigenvalue weighted by Crippen LogP contribution is 2.36. The number of hydrogen-bond acceptors (Lipinski definition) is 3. The zero-order valence-electron chi connectivity index (χ0n) is 12.0. The first-order valence-electron chi connectivity index (χ1n) is 7.00. The van der Waals surface area contributed by atoms with Crippen LogP contribution in [-0.4, -0.2) is 24.7 Å². The van der Waals surface area contributed by atoms with Crippen LogP contribution < -0.4 is 0 Å². The fourth-order valence-electron chi connectivity index (χ4n) is 2.82. The third-order valence-corrected chi connectivity index (χ3v) is 7.02. The summed E-state index contributed by atoms with van der Waals surface area (Å²) in [4.78, 5) is 11.0. The summed E-state index contributed by atoms with van der Waals surface area (Å²) < 4.78 is 25.3. The van der Waals surface area contributed by atoms with Crippen LogP contribution in [0.5, 0.6) is 0 Å². The van der Waals surface area contributed by atoms with Crippen molar-refractivity contribution < 1.29 is 18.3 Å². The molecule has 0 spiro atoms. The summed E-state index contributed by atoms with van der Waals surface area (Å²) in [6.45, 7) is 4.22. The fraction of sp³-hybridized carbons (Fsp3) is 0.533. The molecule has 1 N–H and O–H groups in total. The second-order valence-electron chi connectivity index (χ2n) is 5.88. The van der Waals surface area contributed by atoms with Crippen LogP contribution in [0.4, 0.5) is 0 Å². The van der Waals surface area contributed by atoms with Crippen LogP contribution in [-0.2, 0) is 9.84 Å². The van der Waals surface area contributed by atoms with Crippen molar-refractivity contribution in [3.63, 3.8) is 0 Å².